The van der Waals surface area contributed by atoms with E-state index in [9.17, 15) is 9.90 Å². The number of nitrogens with zero attached hydrogens (tertiary/aromatic N) is 2. The van der Waals surface area contributed by atoms with Crippen LogP contribution in [0.3, 0.4) is 0 Å². The summed E-state index contributed by atoms with van der Waals surface area (Å²) in [6, 6.07) is 15.4. The number of carbonyl (C=O) groups is 1. The Morgan fingerprint density at radius 3 is 2.64 bits per heavy atom. The van der Waals surface area contributed by atoms with E-state index in [1.54, 1.807) is 7.11 Å². The topological polar surface area (TPSA) is 76.4 Å². The SMILES string of the molecule is COc1ccc(Cn2cc(CO)nc2SCC(=O)Nc2ccccc2C)cc1. The Bertz CT molecular complexity index is 938. The van der Waals surface area contributed by atoms with Crippen molar-refractivity contribution >= 4 is 23.4 Å². The number of ether oxygens (including phenoxy) is 1. The van der Waals surface area contributed by atoms with Crippen molar-refractivity contribution < 1.29 is 14.6 Å². The molecule has 0 fully saturated rings. The average molecular weight is 398 g/mol. The van der Waals surface area contributed by atoms with E-state index in [0.717, 1.165) is 22.6 Å². The molecule has 7 heteroatoms. The molecule has 0 saturated heterocycles. The van der Waals surface area contributed by atoms with Crippen molar-refractivity contribution in [2.75, 3.05) is 18.2 Å². The normalized spacial score (nSPS) is 10.7. The van der Waals surface area contributed by atoms with Crippen molar-refractivity contribution in [3.05, 3.63) is 71.5 Å². The summed E-state index contributed by atoms with van der Waals surface area (Å²) in [6.45, 7) is 2.41. The molecule has 2 N–H and O–H groups in total. The van der Waals surface area contributed by atoms with Gasteiger partial charge in [-0.2, -0.15) is 0 Å². The first-order valence-electron chi connectivity index (χ1n) is 8.87. The van der Waals surface area contributed by atoms with Crippen LogP contribution in [0.25, 0.3) is 0 Å². The number of anilines is 1. The van der Waals surface area contributed by atoms with Crippen molar-refractivity contribution in [3.63, 3.8) is 0 Å². The lowest BCUT2D eigenvalue weighted by molar-refractivity contribution is -0.113. The van der Waals surface area contributed by atoms with Gasteiger partial charge in [0.2, 0.25) is 5.91 Å². The van der Waals surface area contributed by atoms with Crippen LogP contribution in [-0.4, -0.2) is 33.4 Å². The Kier molecular flexibility index (Phi) is 6.73. The monoisotopic (exact) mass is 397 g/mol. The number of aliphatic hydroxyl groups excluding tert-OH is 1. The first kappa shape index (κ1) is 20.0. The van der Waals surface area contributed by atoms with Crippen LogP contribution in [0.5, 0.6) is 5.75 Å². The average Bonchev–Trinajstić information content (AvgIpc) is 3.10. The van der Waals surface area contributed by atoms with E-state index in [0.29, 0.717) is 17.4 Å². The van der Waals surface area contributed by atoms with Gasteiger partial charge >= 0.3 is 0 Å². The standard InChI is InChI=1S/C21H23N3O3S/c1-15-5-3-4-6-19(15)23-20(26)14-28-21-22-17(13-25)12-24(21)11-16-7-9-18(27-2)10-8-16/h3-10,12,25H,11,13-14H2,1-2H3,(H,23,26). The smallest absolute Gasteiger partial charge is 0.234 e. The quantitative estimate of drug-likeness (QED) is 0.569. The number of para-hydroxylation sites is 1. The van der Waals surface area contributed by atoms with Crippen LogP contribution in [0.15, 0.2) is 59.9 Å². The number of benzene rings is 2. The van der Waals surface area contributed by atoms with Crippen LogP contribution in [-0.2, 0) is 17.9 Å². The third-order valence-electron chi connectivity index (χ3n) is 4.22. The first-order valence-corrected chi connectivity index (χ1v) is 9.85. The second-order valence-corrected chi connectivity index (χ2v) is 7.24. The fourth-order valence-electron chi connectivity index (χ4n) is 2.71. The van der Waals surface area contributed by atoms with Crippen molar-refractivity contribution in [1.82, 2.24) is 9.55 Å². The molecular formula is C21H23N3O3S. The molecule has 0 aliphatic rings. The maximum absolute atomic E-state index is 12.3. The molecule has 0 radical (unpaired) electrons. The summed E-state index contributed by atoms with van der Waals surface area (Å²) >= 11 is 1.35. The number of carbonyl (C=O) groups excluding carboxylic acids is 1. The van der Waals surface area contributed by atoms with E-state index < -0.39 is 0 Å². The molecule has 1 heterocycles. The number of imidazole rings is 1. The van der Waals surface area contributed by atoms with Gasteiger partial charge in [-0.15, -0.1) is 0 Å². The number of nitrogens with one attached hydrogen (secondary N) is 1. The molecule has 146 valence electrons. The van der Waals surface area contributed by atoms with Gasteiger partial charge in [-0.3, -0.25) is 4.79 Å². The molecule has 0 atom stereocenters. The number of aliphatic hydroxyl groups is 1. The van der Waals surface area contributed by atoms with Gasteiger partial charge in [-0.25, -0.2) is 4.98 Å². The second kappa shape index (κ2) is 9.43. The van der Waals surface area contributed by atoms with Gasteiger partial charge in [0.05, 0.1) is 25.2 Å². The predicted octanol–water partition coefficient (Wildman–Crippen LogP) is 3.47. The van der Waals surface area contributed by atoms with E-state index in [-0.39, 0.29) is 18.3 Å². The molecule has 0 aliphatic heterocycles. The first-order chi connectivity index (χ1) is 13.6. The van der Waals surface area contributed by atoms with Crippen LogP contribution < -0.4 is 10.1 Å². The Morgan fingerprint density at radius 2 is 1.96 bits per heavy atom. The summed E-state index contributed by atoms with van der Waals surface area (Å²) in [5, 5.41) is 13.0. The highest BCUT2D eigenvalue weighted by molar-refractivity contribution is 7.99. The highest BCUT2D eigenvalue weighted by Crippen LogP contribution is 2.21. The molecular weight excluding hydrogens is 374 g/mol. The lowest BCUT2D eigenvalue weighted by Gasteiger charge is -2.10. The number of aryl methyl sites for hydroxylation is 1. The lowest BCUT2D eigenvalue weighted by Crippen LogP contribution is -2.15. The van der Waals surface area contributed by atoms with Gasteiger partial charge in [0.1, 0.15) is 5.75 Å². The lowest BCUT2D eigenvalue weighted by atomic mass is 10.2. The van der Waals surface area contributed by atoms with Crippen LogP contribution in [0.1, 0.15) is 16.8 Å². The van der Waals surface area contributed by atoms with Crippen LogP contribution >= 0.6 is 11.8 Å². The number of hydrogen-bond acceptors (Lipinski definition) is 5. The number of hydrogen-bond donors (Lipinski definition) is 2. The van der Waals surface area contributed by atoms with Gasteiger partial charge in [0, 0.05) is 18.4 Å². The van der Waals surface area contributed by atoms with Crippen molar-refractivity contribution in [3.8, 4) is 5.75 Å². The highest BCUT2D eigenvalue weighted by Gasteiger charge is 2.12. The van der Waals surface area contributed by atoms with Crippen LogP contribution in [0.2, 0.25) is 0 Å². The second-order valence-electron chi connectivity index (χ2n) is 6.30. The number of aromatic nitrogens is 2. The third-order valence-corrected chi connectivity index (χ3v) is 5.21. The molecule has 2 aromatic carbocycles. The zero-order valence-electron chi connectivity index (χ0n) is 15.9. The molecule has 0 spiro atoms. The molecule has 0 bridgehead atoms. The molecule has 1 amide bonds. The molecule has 0 saturated carbocycles. The van der Waals surface area contributed by atoms with E-state index in [1.807, 2.05) is 66.2 Å². The van der Waals surface area contributed by atoms with Crippen molar-refractivity contribution in [2.24, 2.45) is 0 Å². The van der Waals surface area contributed by atoms with Gasteiger partial charge in [-0.1, -0.05) is 42.1 Å². The summed E-state index contributed by atoms with van der Waals surface area (Å²) in [6.07, 6.45) is 1.81. The summed E-state index contributed by atoms with van der Waals surface area (Å²) in [5.41, 5.74) is 3.49. The number of rotatable bonds is 8. The fourth-order valence-corrected chi connectivity index (χ4v) is 3.51. The van der Waals surface area contributed by atoms with Crippen molar-refractivity contribution in [2.45, 2.75) is 25.2 Å². The summed E-state index contributed by atoms with van der Waals surface area (Å²) in [7, 11) is 1.63. The molecule has 0 aliphatic carbocycles. The summed E-state index contributed by atoms with van der Waals surface area (Å²) < 4.78 is 7.13. The Balaban J connectivity index is 1.66. The molecule has 0 unspecified atom stereocenters. The van der Waals surface area contributed by atoms with Crippen LogP contribution in [0, 0.1) is 6.92 Å². The van der Waals surface area contributed by atoms with Gasteiger partial charge in [0.25, 0.3) is 0 Å². The number of thioether (sulfide) groups is 1. The van der Waals surface area contributed by atoms with E-state index in [2.05, 4.69) is 10.3 Å². The van der Waals surface area contributed by atoms with E-state index in [4.69, 9.17) is 4.74 Å². The largest absolute Gasteiger partial charge is 0.497 e. The van der Waals surface area contributed by atoms with Gasteiger partial charge < -0.3 is 19.7 Å². The Morgan fingerprint density at radius 1 is 1.21 bits per heavy atom. The molecule has 3 rings (SSSR count). The molecule has 1 aromatic heterocycles. The number of amides is 1. The highest BCUT2D eigenvalue weighted by atomic mass is 32.2. The third kappa shape index (κ3) is 5.15. The van der Waals surface area contributed by atoms with Crippen molar-refractivity contribution in [1.29, 1.82) is 0 Å². The van der Waals surface area contributed by atoms with Crippen LogP contribution in [0.4, 0.5) is 5.69 Å². The molecule has 3 aromatic rings. The Hall–Kier alpha value is -2.77. The fraction of sp³-hybridized carbons (Fsp3) is 0.238. The zero-order chi connectivity index (χ0) is 19.9. The van der Waals surface area contributed by atoms with Gasteiger partial charge in [-0.05, 0) is 36.2 Å². The molecule has 6 nitrogen and oxygen atoms in total. The maximum Gasteiger partial charge on any atom is 0.234 e. The summed E-state index contributed by atoms with van der Waals surface area (Å²) in [5.74, 6) is 0.940. The predicted molar refractivity (Wildman–Crippen MR) is 111 cm³/mol. The molecule has 28 heavy (non-hydrogen) atoms. The summed E-state index contributed by atoms with van der Waals surface area (Å²) in [4.78, 5) is 16.7. The zero-order valence-corrected chi connectivity index (χ0v) is 16.7. The van der Waals surface area contributed by atoms with E-state index >= 15 is 0 Å². The Labute approximate surface area is 168 Å². The minimum Gasteiger partial charge on any atom is -0.497 e. The minimum absolute atomic E-state index is 0.0937. The minimum atomic E-state index is -0.140. The number of methoxy groups -OCH3 is 1. The maximum atomic E-state index is 12.3. The van der Waals surface area contributed by atoms with E-state index in [1.165, 1.54) is 11.8 Å². The van der Waals surface area contributed by atoms with Gasteiger partial charge in [0.15, 0.2) is 5.16 Å².